The molecule has 3 rings (SSSR count). The maximum Gasteiger partial charge on any atom is 0.295 e. The lowest BCUT2D eigenvalue weighted by Gasteiger charge is -2.29. The summed E-state index contributed by atoms with van der Waals surface area (Å²) in [4.78, 5) is 30.4. The first kappa shape index (κ1) is 25.7. The van der Waals surface area contributed by atoms with Crippen LogP contribution in [0.25, 0.3) is 5.76 Å². The number of likely N-dealkylation sites (tertiary alicyclic amines) is 1. The standard InChI is InChI=1S/C29H38N2O3/c1-8-30(9-2)16-17-31-25(21-12-14-22(15-13-21)29(5,6)7)24(27(33)28(31)34)26(32)23-18-19(3)10-11-20(23)4/h10-15,18,25,32H,8-9,16-17H2,1-7H3. The average Bonchev–Trinajstić information content (AvgIpc) is 3.05. The second kappa shape index (κ2) is 10.1. The Kier molecular flexibility index (Phi) is 7.67. The fourth-order valence-electron chi connectivity index (χ4n) is 4.55. The molecule has 1 aliphatic rings. The average molecular weight is 463 g/mol. The number of hydrogen-bond donors (Lipinski definition) is 1. The summed E-state index contributed by atoms with van der Waals surface area (Å²) in [6, 6.07) is 13.2. The van der Waals surface area contributed by atoms with Crippen LogP contribution >= 0.6 is 0 Å². The van der Waals surface area contributed by atoms with Gasteiger partial charge in [-0.3, -0.25) is 9.59 Å². The second-order valence-corrected chi connectivity index (χ2v) is 10.2. The van der Waals surface area contributed by atoms with Crippen LogP contribution in [-0.2, 0) is 15.0 Å². The summed E-state index contributed by atoms with van der Waals surface area (Å²) in [5.41, 5.74) is 4.60. The van der Waals surface area contributed by atoms with E-state index in [1.54, 1.807) is 4.90 Å². The number of hydrogen-bond acceptors (Lipinski definition) is 4. The number of carbonyl (C=O) groups excluding carboxylic acids is 2. The van der Waals surface area contributed by atoms with E-state index in [0.717, 1.165) is 29.8 Å². The smallest absolute Gasteiger partial charge is 0.295 e. The molecular formula is C29H38N2O3. The molecule has 0 bridgehead atoms. The van der Waals surface area contributed by atoms with Crippen LogP contribution in [-0.4, -0.2) is 52.8 Å². The summed E-state index contributed by atoms with van der Waals surface area (Å²) in [6.07, 6.45) is 0. The molecule has 1 heterocycles. The van der Waals surface area contributed by atoms with Crippen LogP contribution in [0.2, 0.25) is 0 Å². The van der Waals surface area contributed by atoms with Crippen LogP contribution in [0.15, 0.2) is 48.0 Å². The second-order valence-electron chi connectivity index (χ2n) is 10.2. The van der Waals surface area contributed by atoms with Gasteiger partial charge in [0.15, 0.2) is 0 Å². The summed E-state index contributed by atoms with van der Waals surface area (Å²) in [7, 11) is 0. The van der Waals surface area contributed by atoms with Crippen LogP contribution in [0.1, 0.15) is 68.5 Å². The van der Waals surface area contributed by atoms with Crippen molar-refractivity contribution in [3.05, 3.63) is 75.9 Å². The van der Waals surface area contributed by atoms with E-state index in [4.69, 9.17) is 0 Å². The van der Waals surface area contributed by atoms with Crippen LogP contribution in [0.4, 0.5) is 0 Å². The quantitative estimate of drug-likeness (QED) is 0.342. The lowest BCUT2D eigenvalue weighted by Crippen LogP contribution is -2.38. The molecule has 5 heteroatoms. The highest BCUT2D eigenvalue weighted by Crippen LogP contribution is 2.40. The van der Waals surface area contributed by atoms with Gasteiger partial charge in [0.05, 0.1) is 11.6 Å². The molecule has 182 valence electrons. The van der Waals surface area contributed by atoms with Crippen LogP contribution < -0.4 is 0 Å². The Bertz CT molecular complexity index is 1090. The number of amides is 1. The van der Waals surface area contributed by atoms with Gasteiger partial charge in [0.1, 0.15) is 5.76 Å². The third-order valence-electron chi connectivity index (χ3n) is 6.83. The Labute approximate surface area is 204 Å². The number of Topliss-reactive ketones (excluding diaryl/α,β-unsaturated/α-hetero) is 1. The molecule has 0 radical (unpaired) electrons. The molecule has 1 fully saturated rings. The fraction of sp³-hybridized carbons (Fsp3) is 0.448. The van der Waals surface area contributed by atoms with Crippen molar-refractivity contribution in [2.75, 3.05) is 26.2 Å². The van der Waals surface area contributed by atoms with Crippen molar-refractivity contribution in [2.24, 2.45) is 0 Å². The number of nitrogens with zero attached hydrogens (tertiary/aromatic N) is 2. The van der Waals surface area contributed by atoms with Crippen LogP contribution in [0.5, 0.6) is 0 Å². The van der Waals surface area contributed by atoms with Gasteiger partial charge < -0.3 is 14.9 Å². The highest BCUT2D eigenvalue weighted by molar-refractivity contribution is 6.46. The topological polar surface area (TPSA) is 60.9 Å². The first-order valence-corrected chi connectivity index (χ1v) is 12.2. The third-order valence-corrected chi connectivity index (χ3v) is 6.83. The molecule has 1 unspecified atom stereocenters. The van der Waals surface area contributed by atoms with Crippen LogP contribution in [0.3, 0.4) is 0 Å². The van der Waals surface area contributed by atoms with Gasteiger partial charge in [0.2, 0.25) is 0 Å². The number of ketones is 1. The van der Waals surface area contributed by atoms with Crippen LogP contribution in [0, 0.1) is 13.8 Å². The van der Waals surface area contributed by atoms with Gasteiger partial charge in [-0.05, 0) is 55.1 Å². The van der Waals surface area contributed by atoms with E-state index >= 15 is 0 Å². The van der Waals surface area contributed by atoms with E-state index in [-0.39, 0.29) is 16.7 Å². The Hall–Kier alpha value is -2.92. The zero-order valence-electron chi connectivity index (χ0n) is 21.6. The van der Waals surface area contributed by atoms with Gasteiger partial charge in [-0.1, -0.05) is 76.6 Å². The zero-order chi connectivity index (χ0) is 25.2. The third kappa shape index (κ3) is 5.10. The highest BCUT2D eigenvalue weighted by Gasteiger charge is 2.46. The minimum absolute atomic E-state index is 0.0121. The SMILES string of the molecule is CCN(CC)CCN1C(=O)C(=O)C(=C(O)c2cc(C)ccc2C)C1c1ccc(C(C)(C)C)cc1. The molecule has 0 saturated carbocycles. The predicted molar refractivity (Wildman–Crippen MR) is 138 cm³/mol. The zero-order valence-corrected chi connectivity index (χ0v) is 21.6. The van der Waals surface area contributed by atoms with Crippen molar-refractivity contribution in [3.63, 3.8) is 0 Å². The highest BCUT2D eigenvalue weighted by atomic mass is 16.3. The molecule has 34 heavy (non-hydrogen) atoms. The van der Waals surface area contributed by atoms with Crippen molar-refractivity contribution in [3.8, 4) is 0 Å². The molecule has 5 nitrogen and oxygen atoms in total. The summed E-state index contributed by atoms with van der Waals surface area (Å²) in [5.74, 6) is -1.28. The summed E-state index contributed by atoms with van der Waals surface area (Å²) < 4.78 is 0. The first-order valence-electron chi connectivity index (χ1n) is 12.2. The molecule has 0 aliphatic carbocycles. The Morgan fingerprint density at radius 3 is 2.18 bits per heavy atom. The molecule has 2 aromatic carbocycles. The number of aliphatic hydroxyl groups excluding tert-OH is 1. The normalized spacial score (nSPS) is 18.2. The Morgan fingerprint density at radius 2 is 1.62 bits per heavy atom. The summed E-state index contributed by atoms with van der Waals surface area (Å²) in [6.45, 7) is 17.3. The Morgan fingerprint density at radius 1 is 1.00 bits per heavy atom. The van der Waals surface area contributed by atoms with Gasteiger partial charge in [-0.2, -0.15) is 0 Å². The Balaban J connectivity index is 2.15. The van der Waals surface area contributed by atoms with E-state index in [0.29, 0.717) is 18.7 Å². The largest absolute Gasteiger partial charge is 0.507 e. The van der Waals surface area contributed by atoms with Crippen molar-refractivity contribution < 1.29 is 14.7 Å². The predicted octanol–water partition coefficient (Wildman–Crippen LogP) is 5.36. The molecule has 0 aromatic heterocycles. The number of rotatable bonds is 7. The van der Waals surface area contributed by atoms with Gasteiger partial charge in [0.25, 0.3) is 11.7 Å². The minimum Gasteiger partial charge on any atom is -0.507 e. The van der Waals surface area contributed by atoms with E-state index in [1.165, 1.54) is 5.56 Å². The summed E-state index contributed by atoms with van der Waals surface area (Å²) in [5, 5.41) is 11.4. The number of benzene rings is 2. The van der Waals surface area contributed by atoms with Gasteiger partial charge in [0, 0.05) is 18.7 Å². The van der Waals surface area contributed by atoms with Crippen molar-refractivity contribution in [1.29, 1.82) is 0 Å². The lowest BCUT2D eigenvalue weighted by molar-refractivity contribution is -0.140. The molecule has 0 spiro atoms. The number of carbonyl (C=O) groups is 2. The van der Waals surface area contributed by atoms with E-state index in [1.807, 2.05) is 44.2 Å². The molecule has 1 amide bonds. The minimum atomic E-state index is -0.622. The number of likely N-dealkylation sites (N-methyl/N-ethyl adjacent to an activating group) is 1. The monoisotopic (exact) mass is 462 g/mol. The van der Waals surface area contributed by atoms with Gasteiger partial charge in [-0.25, -0.2) is 0 Å². The molecular weight excluding hydrogens is 424 g/mol. The summed E-state index contributed by atoms with van der Waals surface area (Å²) >= 11 is 0. The van der Waals surface area contributed by atoms with E-state index < -0.39 is 17.7 Å². The number of aryl methyl sites for hydroxylation is 2. The molecule has 1 aliphatic heterocycles. The maximum absolute atomic E-state index is 13.3. The van der Waals surface area contributed by atoms with Gasteiger partial charge in [-0.15, -0.1) is 0 Å². The van der Waals surface area contributed by atoms with E-state index in [2.05, 4.69) is 51.7 Å². The maximum atomic E-state index is 13.3. The van der Waals surface area contributed by atoms with Crippen molar-refractivity contribution >= 4 is 17.4 Å². The number of aliphatic hydroxyl groups is 1. The molecule has 1 N–H and O–H groups in total. The first-order chi connectivity index (χ1) is 16.0. The molecule has 2 aromatic rings. The van der Waals surface area contributed by atoms with Crippen molar-refractivity contribution in [2.45, 2.75) is 59.9 Å². The van der Waals surface area contributed by atoms with E-state index in [9.17, 15) is 14.7 Å². The molecule has 1 atom stereocenters. The lowest BCUT2D eigenvalue weighted by atomic mass is 9.85. The van der Waals surface area contributed by atoms with Crippen molar-refractivity contribution in [1.82, 2.24) is 9.80 Å². The van der Waals surface area contributed by atoms with Gasteiger partial charge >= 0.3 is 0 Å². The fourth-order valence-corrected chi connectivity index (χ4v) is 4.55. The molecule has 1 saturated heterocycles.